The fourth-order valence-electron chi connectivity index (χ4n) is 2.49. The molecule has 5 heteroatoms. The topological polar surface area (TPSA) is 69.7 Å². The van der Waals surface area contributed by atoms with Gasteiger partial charge in [-0.3, -0.25) is 14.4 Å². The molecule has 108 valence electrons. The molecule has 1 rings (SSSR count). The Bertz CT molecular complexity index is 350. The molecule has 0 bridgehead atoms. The van der Waals surface area contributed by atoms with E-state index in [1.165, 1.54) is 0 Å². The van der Waals surface area contributed by atoms with Gasteiger partial charge in [0, 0.05) is 12.8 Å². The third-order valence-electron chi connectivity index (χ3n) is 3.52. The summed E-state index contributed by atoms with van der Waals surface area (Å²) in [6, 6.07) is 0. The van der Waals surface area contributed by atoms with Gasteiger partial charge < -0.3 is 9.47 Å². The Labute approximate surface area is 113 Å². The van der Waals surface area contributed by atoms with Gasteiger partial charge in [0.2, 0.25) is 0 Å². The lowest BCUT2D eigenvalue weighted by Crippen LogP contribution is -2.43. The molecule has 5 nitrogen and oxygen atoms in total. The molecule has 1 aliphatic rings. The number of esters is 2. The molecule has 0 radical (unpaired) electrons. The average molecular weight is 270 g/mol. The molecule has 1 aliphatic carbocycles. The largest absolute Gasteiger partial charge is 0.466 e. The second kappa shape index (κ2) is 7.26. The Kier molecular flexibility index (Phi) is 5.99. The van der Waals surface area contributed by atoms with Crippen molar-refractivity contribution in [2.45, 2.75) is 52.4 Å². The molecule has 0 spiro atoms. The van der Waals surface area contributed by atoms with Crippen LogP contribution < -0.4 is 0 Å². The van der Waals surface area contributed by atoms with Crippen molar-refractivity contribution in [3.63, 3.8) is 0 Å². The Morgan fingerprint density at radius 1 is 1.16 bits per heavy atom. The van der Waals surface area contributed by atoms with E-state index in [1.54, 1.807) is 13.8 Å². The molecule has 0 aromatic rings. The maximum atomic E-state index is 12.1. The summed E-state index contributed by atoms with van der Waals surface area (Å²) in [4.78, 5) is 35.7. The summed E-state index contributed by atoms with van der Waals surface area (Å²) in [5.74, 6) is -0.949. The van der Waals surface area contributed by atoms with Crippen LogP contribution in [0.1, 0.15) is 52.4 Å². The van der Waals surface area contributed by atoms with Crippen LogP contribution >= 0.6 is 0 Å². The number of Topliss-reactive ketones (excluding diaryl/α,β-unsaturated/α-hetero) is 1. The molecular weight excluding hydrogens is 248 g/mol. The number of hydrogen-bond acceptors (Lipinski definition) is 5. The highest BCUT2D eigenvalue weighted by molar-refractivity contribution is 6.04. The predicted molar refractivity (Wildman–Crippen MR) is 68.4 cm³/mol. The van der Waals surface area contributed by atoms with Crippen molar-refractivity contribution >= 4 is 17.7 Å². The van der Waals surface area contributed by atoms with E-state index in [0.717, 1.165) is 12.8 Å². The summed E-state index contributed by atoms with van der Waals surface area (Å²) in [6.45, 7) is 3.99. The van der Waals surface area contributed by atoms with Gasteiger partial charge in [-0.25, -0.2) is 0 Å². The van der Waals surface area contributed by atoms with Crippen LogP contribution in [0, 0.1) is 5.41 Å². The second-order valence-corrected chi connectivity index (χ2v) is 4.74. The van der Waals surface area contributed by atoms with Crippen molar-refractivity contribution in [3.05, 3.63) is 0 Å². The summed E-state index contributed by atoms with van der Waals surface area (Å²) in [6.07, 6.45) is 2.76. The molecule has 1 unspecified atom stereocenters. The van der Waals surface area contributed by atoms with Crippen molar-refractivity contribution in [3.8, 4) is 0 Å². The molecule has 0 aliphatic heterocycles. The van der Waals surface area contributed by atoms with Crippen LogP contribution in [0.2, 0.25) is 0 Å². The minimum Gasteiger partial charge on any atom is -0.466 e. The number of ketones is 1. The first kappa shape index (κ1) is 15.7. The van der Waals surface area contributed by atoms with E-state index >= 15 is 0 Å². The Hall–Kier alpha value is -1.39. The third kappa shape index (κ3) is 3.78. The quantitative estimate of drug-likeness (QED) is 0.545. The minimum absolute atomic E-state index is 0.0817. The van der Waals surface area contributed by atoms with Crippen molar-refractivity contribution in [1.82, 2.24) is 0 Å². The van der Waals surface area contributed by atoms with Gasteiger partial charge in [-0.05, 0) is 33.1 Å². The van der Waals surface area contributed by atoms with Crippen molar-refractivity contribution in [1.29, 1.82) is 0 Å². The first-order chi connectivity index (χ1) is 9.06. The van der Waals surface area contributed by atoms with E-state index in [4.69, 9.17) is 9.47 Å². The van der Waals surface area contributed by atoms with Gasteiger partial charge in [-0.15, -0.1) is 0 Å². The van der Waals surface area contributed by atoms with Crippen molar-refractivity contribution < 1.29 is 23.9 Å². The highest BCUT2D eigenvalue weighted by Gasteiger charge is 2.47. The molecule has 1 atom stereocenters. The van der Waals surface area contributed by atoms with Gasteiger partial charge in [0.15, 0.2) is 0 Å². The van der Waals surface area contributed by atoms with E-state index in [9.17, 15) is 14.4 Å². The average Bonchev–Trinajstić information content (AvgIpc) is 2.38. The molecule has 1 saturated carbocycles. The molecule has 1 fully saturated rings. The normalized spacial score (nSPS) is 22.9. The SMILES string of the molecule is CCOC(=O)CCC1(C(=O)OCC)CCCCC1=O. The zero-order chi connectivity index (χ0) is 14.3. The van der Waals surface area contributed by atoms with Crippen LogP contribution in [0.5, 0.6) is 0 Å². The second-order valence-electron chi connectivity index (χ2n) is 4.74. The number of ether oxygens (including phenoxy) is 2. The first-order valence-corrected chi connectivity index (χ1v) is 6.93. The molecule has 0 amide bonds. The van der Waals surface area contributed by atoms with E-state index in [-0.39, 0.29) is 31.2 Å². The fourth-order valence-corrected chi connectivity index (χ4v) is 2.49. The van der Waals surface area contributed by atoms with Crippen LogP contribution in [0.25, 0.3) is 0 Å². The lowest BCUT2D eigenvalue weighted by molar-refractivity contribution is -0.163. The molecule has 0 saturated heterocycles. The fraction of sp³-hybridized carbons (Fsp3) is 0.786. The maximum Gasteiger partial charge on any atom is 0.319 e. The van der Waals surface area contributed by atoms with Gasteiger partial charge in [0.05, 0.1) is 13.2 Å². The lowest BCUT2D eigenvalue weighted by Gasteiger charge is -2.33. The minimum atomic E-state index is -1.12. The molecular formula is C14H22O5. The zero-order valence-electron chi connectivity index (χ0n) is 11.7. The molecule has 0 aromatic heterocycles. The van der Waals surface area contributed by atoms with E-state index < -0.39 is 11.4 Å². The van der Waals surface area contributed by atoms with Gasteiger partial charge in [-0.2, -0.15) is 0 Å². The summed E-state index contributed by atoms with van der Waals surface area (Å²) in [7, 11) is 0. The number of carbonyl (C=O) groups excluding carboxylic acids is 3. The van der Waals surface area contributed by atoms with Gasteiger partial charge >= 0.3 is 11.9 Å². The molecule has 0 aromatic carbocycles. The highest BCUT2D eigenvalue weighted by Crippen LogP contribution is 2.38. The Morgan fingerprint density at radius 2 is 1.84 bits per heavy atom. The highest BCUT2D eigenvalue weighted by atomic mass is 16.5. The summed E-state index contributed by atoms with van der Waals surface area (Å²) in [5, 5.41) is 0. The monoisotopic (exact) mass is 270 g/mol. The summed E-state index contributed by atoms with van der Waals surface area (Å²) >= 11 is 0. The number of carbonyl (C=O) groups is 3. The third-order valence-corrected chi connectivity index (χ3v) is 3.52. The Morgan fingerprint density at radius 3 is 2.42 bits per heavy atom. The number of rotatable bonds is 6. The van der Waals surface area contributed by atoms with E-state index in [1.807, 2.05) is 0 Å². The number of hydrogen-bond donors (Lipinski definition) is 0. The summed E-state index contributed by atoms with van der Waals surface area (Å²) < 4.78 is 9.89. The standard InChI is InChI=1S/C14H22O5/c1-3-18-12(16)8-10-14(13(17)19-4-2)9-6-5-7-11(14)15/h3-10H2,1-2H3. The van der Waals surface area contributed by atoms with Crippen molar-refractivity contribution in [2.24, 2.45) is 5.41 Å². The smallest absolute Gasteiger partial charge is 0.319 e. The van der Waals surface area contributed by atoms with Crippen molar-refractivity contribution in [2.75, 3.05) is 13.2 Å². The predicted octanol–water partition coefficient (Wildman–Crippen LogP) is 2.02. The molecule has 0 heterocycles. The van der Waals surface area contributed by atoms with Gasteiger partial charge in [0.25, 0.3) is 0 Å². The van der Waals surface area contributed by atoms with Crippen LogP contribution in [-0.2, 0) is 23.9 Å². The molecule has 0 N–H and O–H groups in total. The van der Waals surface area contributed by atoms with E-state index in [2.05, 4.69) is 0 Å². The van der Waals surface area contributed by atoms with Crippen LogP contribution in [0.15, 0.2) is 0 Å². The molecule has 19 heavy (non-hydrogen) atoms. The Balaban J connectivity index is 2.77. The zero-order valence-corrected chi connectivity index (χ0v) is 11.7. The van der Waals surface area contributed by atoms with E-state index in [0.29, 0.717) is 19.4 Å². The summed E-state index contributed by atoms with van der Waals surface area (Å²) in [5.41, 5.74) is -1.12. The van der Waals surface area contributed by atoms with Crippen LogP contribution in [0.3, 0.4) is 0 Å². The first-order valence-electron chi connectivity index (χ1n) is 6.93. The lowest BCUT2D eigenvalue weighted by atomic mass is 9.70. The maximum absolute atomic E-state index is 12.1. The van der Waals surface area contributed by atoms with Gasteiger partial charge in [-0.1, -0.05) is 6.42 Å². The van der Waals surface area contributed by atoms with Crippen LogP contribution in [-0.4, -0.2) is 30.9 Å². The van der Waals surface area contributed by atoms with Crippen LogP contribution in [0.4, 0.5) is 0 Å². The van der Waals surface area contributed by atoms with Gasteiger partial charge in [0.1, 0.15) is 11.2 Å².